The van der Waals surface area contributed by atoms with Crippen molar-refractivity contribution >= 4 is 10.0 Å². The van der Waals surface area contributed by atoms with Gasteiger partial charge in [-0.1, -0.05) is 36.4 Å². The Balaban J connectivity index is 1.74. The molecule has 1 aliphatic heterocycles. The minimum atomic E-state index is -3.69. The van der Waals surface area contributed by atoms with Gasteiger partial charge < -0.3 is 4.74 Å². The molecule has 3 aromatic rings. The van der Waals surface area contributed by atoms with Gasteiger partial charge in [0.25, 0.3) is 0 Å². The summed E-state index contributed by atoms with van der Waals surface area (Å²) >= 11 is 0. The summed E-state index contributed by atoms with van der Waals surface area (Å²) < 4.78 is 33.9. The van der Waals surface area contributed by atoms with Crippen LogP contribution in [-0.4, -0.2) is 43.1 Å². The first-order chi connectivity index (χ1) is 13.5. The first kappa shape index (κ1) is 18.7. The van der Waals surface area contributed by atoms with Crippen molar-refractivity contribution in [3.63, 3.8) is 0 Å². The van der Waals surface area contributed by atoms with Crippen molar-refractivity contribution in [2.75, 3.05) is 20.2 Å². The molecule has 0 aliphatic carbocycles. The SMILES string of the molecule is COc1ccc(C)cc1S(=O)(=O)N1C[C@@H](c2ccccc2)[C@H](c2ccn[nH]2)C1. The van der Waals surface area contributed by atoms with Gasteiger partial charge in [0.1, 0.15) is 10.6 Å². The van der Waals surface area contributed by atoms with Crippen molar-refractivity contribution in [1.29, 1.82) is 0 Å². The lowest BCUT2D eigenvalue weighted by atomic mass is 9.87. The number of nitrogens with one attached hydrogen (secondary N) is 1. The predicted octanol–water partition coefficient (Wildman–Crippen LogP) is 3.30. The Labute approximate surface area is 165 Å². The lowest BCUT2D eigenvalue weighted by Gasteiger charge is -2.19. The number of nitrogens with zero attached hydrogens (tertiary/aromatic N) is 2. The van der Waals surface area contributed by atoms with Gasteiger partial charge in [0.05, 0.1) is 7.11 Å². The number of H-pyrrole nitrogens is 1. The number of rotatable bonds is 5. The molecule has 1 aliphatic rings. The van der Waals surface area contributed by atoms with Crippen LogP contribution in [-0.2, 0) is 10.0 Å². The Bertz CT molecular complexity index is 1050. The molecule has 2 atom stereocenters. The molecule has 0 amide bonds. The van der Waals surface area contributed by atoms with Crippen LogP contribution in [0.4, 0.5) is 0 Å². The van der Waals surface area contributed by atoms with Crippen LogP contribution in [0.2, 0.25) is 0 Å². The fraction of sp³-hybridized carbons (Fsp3) is 0.286. The van der Waals surface area contributed by atoms with Crippen molar-refractivity contribution in [1.82, 2.24) is 14.5 Å². The maximum atomic E-state index is 13.5. The first-order valence-electron chi connectivity index (χ1n) is 9.19. The molecule has 0 saturated carbocycles. The fourth-order valence-electron chi connectivity index (χ4n) is 3.91. The second-order valence-corrected chi connectivity index (χ2v) is 9.02. The highest BCUT2D eigenvalue weighted by Gasteiger charge is 2.42. The Morgan fingerprint density at radius 3 is 2.50 bits per heavy atom. The number of methoxy groups -OCH3 is 1. The molecule has 0 spiro atoms. The number of sulfonamides is 1. The van der Waals surface area contributed by atoms with Gasteiger partial charge in [-0.3, -0.25) is 5.10 Å². The molecule has 1 N–H and O–H groups in total. The molecule has 0 unspecified atom stereocenters. The van der Waals surface area contributed by atoms with Crippen LogP contribution in [0.15, 0.2) is 65.7 Å². The molecule has 4 rings (SSSR count). The monoisotopic (exact) mass is 397 g/mol. The zero-order valence-corrected chi connectivity index (χ0v) is 16.7. The van der Waals surface area contributed by atoms with Gasteiger partial charge in [0, 0.05) is 36.8 Å². The van der Waals surface area contributed by atoms with E-state index in [4.69, 9.17) is 4.74 Å². The van der Waals surface area contributed by atoms with E-state index in [0.717, 1.165) is 16.8 Å². The number of aromatic nitrogens is 2. The zero-order chi connectivity index (χ0) is 19.7. The van der Waals surface area contributed by atoms with E-state index >= 15 is 0 Å². The maximum Gasteiger partial charge on any atom is 0.246 e. The standard InChI is InChI=1S/C21H23N3O3S/c1-15-8-9-20(27-2)21(12-15)28(25,26)24-13-17(16-6-4-3-5-7-16)18(14-24)19-10-11-22-23-19/h3-12,17-18H,13-14H2,1-2H3,(H,22,23)/t17-,18+/m0/s1. The molecule has 0 bridgehead atoms. The normalized spacial score (nSPS) is 20.4. The smallest absolute Gasteiger partial charge is 0.246 e. The molecule has 146 valence electrons. The van der Waals surface area contributed by atoms with Crippen LogP contribution in [0.1, 0.15) is 28.7 Å². The van der Waals surface area contributed by atoms with Crippen LogP contribution in [0, 0.1) is 6.92 Å². The van der Waals surface area contributed by atoms with E-state index in [1.807, 2.05) is 37.3 Å². The summed E-state index contributed by atoms with van der Waals surface area (Å²) in [5, 5.41) is 7.09. The Morgan fingerprint density at radius 2 is 1.82 bits per heavy atom. The summed E-state index contributed by atoms with van der Waals surface area (Å²) in [6.07, 6.45) is 1.71. The van der Waals surface area contributed by atoms with E-state index in [1.165, 1.54) is 7.11 Å². The van der Waals surface area contributed by atoms with E-state index in [-0.39, 0.29) is 16.7 Å². The van der Waals surface area contributed by atoms with Crippen LogP contribution >= 0.6 is 0 Å². The van der Waals surface area contributed by atoms with Gasteiger partial charge in [0.2, 0.25) is 10.0 Å². The molecule has 1 fully saturated rings. The zero-order valence-electron chi connectivity index (χ0n) is 15.9. The molecular weight excluding hydrogens is 374 g/mol. The van der Waals surface area contributed by atoms with E-state index < -0.39 is 10.0 Å². The Morgan fingerprint density at radius 1 is 1.07 bits per heavy atom. The first-order valence-corrected chi connectivity index (χ1v) is 10.6. The maximum absolute atomic E-state index is 13.5. The second kappa shape index (κ2) is 7.41. The molecule has 6 nitrogen and oxygen atoms in total. The van der Waals surface area contributed by atoms with Crippen molar-refractivity contribution in [3.05, 3.63) is 77.6 Å². The van der Waals surface area contributed by atoms with Crippen LogP contribution < -0.4 is 4.74 Å². The quantitative estimate of drug-likeness (QED) is 0.717. The Hall–Kier alpha value is -2.64. The minimum Gasteiger partial charge on any atom is -0.495 e. The molecule has 7 heteroatoms. The number of hydrogen-bond acceptors (Lipinski definition) is 4. The third kappa shape index (κ3) is 3.31. The molecule has 1 aromatic heterocycles. The molecule has 0 radical (unpaired) electrons. The molecule has 1 saturated heterocycles. The topological polar surface area (TPSA) is 75.3 Å². The lowest BCUT2D eigenvalue weighted by molar-refractivity contribution is 0.397. The second-order valence-electron chi connectivity index (χ2n) is 7.11. The van der Waals surface area contributed by atoms with E-state index in [9.17, 15) is 8.42 Å². The summed E-state index contributed by atoms with van der Waals surface area (Å²) in [5.74, 6) is 0.426. The summed E-state index contributed by atoms with van der Waals surface area (Å²) in [4.78, 5) is 0.215. The average Bonchev–Trinajstić information content (AvgIpc) is 3.38. The van der Waals surface area contributed by atoms with Crippen LogP contribution in [0.5, 0.6) is 5.75 Å². The third-order valence-corrected chi connectivity index (χ3v) is 7.23. The molecular formula is C21H23N3O3S. The van der Waals surface area contributed by atoms with Gasteiger partial charge >= 0.3 is 0 Å². The average molecular weight is 398 g/mol. The summed E-state index contributed by atoms with van der Waals surface area (Å²) in [7, 11) is -2.20. The van der Waals surface area contributed by atoms with Gasteiger partial charge in [-0.15, -0.1) is 0 Å². The van der Waals surface area contributed by atoms with Crippen LogP contribution in [0.3, 0.4) is 0 Å². The minimum absolute atomic E-state index is 0.00970. The fourth-order valence-corrected chi connectivity index (χ4v) is 5.65. The summed E-state index contributed by atoms with van der Waals surface area (Å²) in [6, 6.07) is 17.2. The van der Waals surface area contributed by atoms with Crippen molar-refractivity contribution < 1.29 is 13.2 Å². The largest absolute Gasteiger partial charge is 0.495 e. The number of ether oxygens (including phenoxy) is 1. The van der Waals surface area contributed by atoms with E-state index in [1.54, 1.807) is 22.6 Å². The summed E-state index contributed by atoms with van der Waals surface area (Å²) in [6.45, 7) is 2.68. The number of aromatic amines is 1. The molecule has 2 aromatic carbocycles. The van der Waals surface area contributed by atoms with Gasteiger partial charge in [-0.05, 0) is 36.2 Å². The van der Waals surface area contributed by atoms with Crippen molar-refractivity contribution in [2.24, 2.45) is 0 Å². The predicted molar refractivity (Wildman–Crippen MR) is 107 cm³/mol. The van der Waals surface area contributed by atoms with Crippen molar-refractivity contribution in [2.45, 2.75) is 23.7 Å². The molecule has 28 heavy (non-hydrogen) atoms. The lowest BCUT2D eigenvalue weighted by Crippen LogP contribution is -2.29. The van der Waals surface area contributed by atoms with E-state index in [0.29, 0.717) is 18.8 Å². The third-order valence-electron chi connectivity index (χ3n) is 5.37. The number of benzene rings is 2. The summed E-state index contributed by atoms with van der Waals surface area (Å²) in [5.41, 5.74) is 2.95. The van der Waals surface area contributed by atoms with Crippen LogP contribution in [0.25, 0.3) is 0 Å². The number of hydrogen-bond donors (Lipinski definition) is 1. The van der Waals surface area contributed by atoms with Gasteiger partial charge in [0.15, 0.2) is 0 Å². The molecule has 2 heterocycles. The van der Waals surface area contributed by atoms with Gasteiger partial charge in [-0.2, -0.15) is 9.40 Å². The highest BCUT2D eigenvalue weighted by atomic mass is 32.2. The van der Waals surface area contributed by atoms with Gasteiger partial charge in [-0.25, -0.2) is 8.42 Å². The van der Waals surface area contributed by atoms with Crippen molar-refractivity contribution in [3.8, 4) is 5.75 Å². The highest BCUT2D eigenvalue weighted by molar-refractivity contribution is 7.89. The Kier molecular flexibility index (Phi) is 4.95. The van der Waals surface area contributed by atoms with E-state index in [2.05, 4.69) is 22.3 Å². The number of aryl methyl sites for hydroxylation is 1. The highest BCUT2D eigenvalue weighted by Crippen LogP contribution is 2.42.